The lowest BCUT2D eigenvalue weighted by Gasteiger charge is -2.22. The van der Waals surface area contributed by atoms with Crippen LogP contribution in [0.15, 0.2) is 30.5 Å². The summed E-state index contributed by atoms with van der Waals surface area (Å²) in [6.07, 6.45) is 1.33. The molecule has 1 aromatic carbocycles. The van der Waals surface area contributed by atoms with E-state index in [1.54, 1.807) is 25.2 Å². The number of rotatable bonds is 3. The summed E-state index contributed by atoms with van der Waals surface area (Å²) in [6, 6.07) is 7.19. The standard InChI is InChI=1S/C17H19N5O3/c1-17(25)11(8-22(2)16(17)24)9-4-3-5-10(6-9)15-20-7-12(18)13(21-15)14(19)23/h3-7,11,25H,8,18H2,1-2H3,(H2,19,23). The van der Waals surface area contributed by atoms with Crippen LogP contribution in [0.5, 0.6) is 0 Å². The van der Waals surface area contributed by atoms with Gasteiger partial charge in [-0.15, -0.1) is 0 Å². The molecule has 130 valence electrons. The highest BCUT2D eigenvalue weighted by Gasteiger charge is 2.48. The summed E-state index contributed by atoms with van der Waals surface area (Å²) in [7, 11) is 1.66. The zero-order valence-electron chi connectivity index (χ0n) is 13.9. The molecule has 8 nitrogen and oxygen atoms in total. The molecule has 2 atom stereocenters. The number of nitrogen functional groups attached to an aromatic ring is 1. The summed E-state index contributed by atoms with van der Waals surface area (Å²) in [5.41, 5.74) is 10.9. The van der Waals surface area contributed by atoms with Crippen LogP contribution >= 0.6 is 0 Å². The van der Waals surface area contributed by atoms with Crippen LogP contribution in [0.3, 0.4) is 0 Å². The summed E-state index contributed by atoms with van der Waals surface area (Å²) in [4.78, 5) is 33.3. The highest BCUT2D eigenvalue weighted by Crippen LogP contribution is 2.37. The molecule has 0 spiro atoms. The van der Waals surface area contributed by atoms with E-state index in [1.165, 1.54) is 18.0 Å². The quantitative estimate of drug-likeness (QED) is 0.726. The van der Waals surface area contributed by atoms with Gasteiger partial charge in [0.25, 0.3) is 11.8 Å². The van der Waals surface area contributed by atoms with Crippen molar-refractivity contribution in [1.29, 1.82) is 0 Å². The van der Waals surface area contributed by atoms with Crippen LogP contribution < -0.4 is 11.5 Å². The second-order valence-corrected chi connectivity index (χ2v) is 6.37. The lowest BCUT2D eigenvalue weighted by Crippen LogP contribution is -2.38. The molecule has 1 saturated heterocycles. The van der Waals surface area contributed by atoms with E-state index < -0.39 is 11.5 Å². The molecule has 25 heavy (non-hydrogen) atoms. The number of hydrogen-bond acceptors (Lipinski definition) is 6. The van der Waals surface area contributed by atoms with E-state index in [-0.39, 0.29) is 23.2 Å². The van der Waals surface area contributed by atoms with Gasteiger partial charge in [-0.2, -0.15) is 0 Å². The number of aliphatic hydroxyl groups is 1. The number of anilines is 1. The first-order valence-electron chi connectivity index (χ1n) is 7.72. The maximum Gasteiger partial charge on any atom is 0.269 e. The third-order valence-corrected chi connectivity index (χ3v) is 4.51. The number of primary amides is 1. The molecule has 0 saturated carbocycles. The Morgan fingerprint density at radius 2 is 2.16 bits per heavy atom. The van der Waals surface area contributed by atoms with Crippen molar-refractivity contribution < 1.29 is 14.7 Å². The Kier molecular flexibility index (Phi) is 3.92. The van der Waals surface area contributed by atoms with Gasteiger partial charge in [0, 0.05) is 25.1 Å². The first-order valence-corrected chi connectivity index (χ1v) is 7.72. The maximum atomic E-state index is 12.1. The van der Waals surface area contributed by atoms with Gasteiger partial charge in [-0.05, 0) is 18.6 Å². The molecule has 2 unspecified atom stereocenters. The van der Waals surface area contributed by atoms with E-state index in [1.807, 2.05) is 6.07 Å². The summed E-state index contributed by atoms with van der Waals surface area (Å²) in [5, 5.41) is 10.6. The number of likely N-dealkylation sites (tertiary alicyclic amines) is 1. The van der Waals surface area contributed by atoms with Crippen LogP contribution in [0.1, 0.15) is 28.9 Å². The highest BCUT2D eigenvalue weighted by atomic mass is 16.3. The molecule has 8 heteroatoms. The summed E-state index contributed by atoms with van der Waals surface area (Å²) < 4.78 is 0. The van der Waals surface area contributed by atoms with E-state index in [0.717, 1.165) is 5.56 Å². The summed E-state index contributed by atoms with van der Waals surface area (Å²) in [5.74, 6) is -1.14. The number of nitrogens with zero attached hydrogens (tertiary/aromatic N) is 3. The van der Waals surface area contributed by atoms with Crippen molar-refractivity contribution in [1.82, 2.24) is 14.9 Å². The largest absolute Gasteiger partial charge is 0.396 e. The van der Waals surface area contributed by atoms with Gasteiger partial charge in [0.15, 0.2) is 11.5 Å². The monoisotopic (exact) mass is 341 g/mol. The van der Waals surface area contributed by atoms with Crippen LogP contribution in [-0.2, 0) is 4.79 Å². The van der Waals surface area contributed by atoms with Crippen LogP contribution in [0, 0.1) is 0 Å². The molecule has 1 fully saturated rings. The van der Waals surface area contributed by atoms with Crippen LogP contribution in [0.4, 0.5) is 5.69 Å². The minimum atomic E-state index is -1.48. The molecule has 2 amide bonds. The predicted molar refractivity (Wildman–Crippen MR) is 91.4 cm³/mol. The van der Waals surface area contributed by atoms with Crippen molar-refractivity contribution in [2.24, 2.45) is 5.73 Å². The smallest absolute Gasteiger partial charge is 0.269 e. The van der Waals surface area contributed by atoms with E-state index in [2.05, 4.69) is 9.97 Å². The summed E-state index contributed by atoms with van der Waals surface area (Å²) in [6.45, 7) is 1.92. The molecular weight excluding hydrogens is 322 g/mol. The SMILES string of the molecule is CN1CC(c2cccc(-c3ncc(N)c(C(N)=O)n3)c2)C(C)(O)C1=O. The van der Waals surface area contributed by atoms with E-state index >= 15 is 0 Å². The van der Waals surface area contributed by atoms with Crippen molar-refractivity contribution in [2.75, 3.05) is 19.3 Å². The van der Waals surface area contributed by atoms with Gasteiger partial charge >= 0.3 is 0 Å². The predicted octanol–water partition coefficient (Wildman–Crippen LogP) is 0.131. The third-order valence-electron chi connectivity index (χ3n) is 4.51. The molecule has 0 radical (unpaired) electrons. The number of likely N-dealkylation sites (N-methyl/N-ethyl adjacent to an activating group) is 1. The van der Waals surface area contributed by atoms with Crippen LogP contribution in [0.2, 0.25) is 0 Å². The van der Waals surface area contributed by atoms with Gasteiger partial charge in [0.2, 0.25) is 0 Å². The Bertz CT molecular complexity index is 865. The van der Waals surface area contributed by atoms with Crippen LogP contribution in [-0.4, -0.2) is 51.0 Å². The van der Waals surface area contributed by atoms with Crippen molar-refractivity contribution in [3.05, 3.63) is 41.7 Å². The number of benzene rings is 1. The maximum absolute atomic E-state index is 12.1. The lowest BCUT2D eigenvalue weighted by atomic mass is 9.85. The van der Waals surface area contributed by atoms with Gasteiger partial charge in [-0.25, -0.2) is 9.97 Å². The zero-order valence-corrected chi connectivity index (χ0v) is 13.9. The van der Waals surface area contributed by atoms with Gasteiger partial charge in [-0.3, -0.25) is 9.59 Å². The van der Waals surface area contributed by atoms with Crippen molar-refractivity contribution in [2.45, 2.75) is 18.4 Å². The number of nitrogens with two attached hydrogens (primary N) is 2. The number of amides is 2. The fraction of sp³-hybridized carbons (Fsp3) is 0.294. The lowest BCUT2D eigenvalue weighted by molar-refractivity contribution is -0.141. The van der Waals surface area contributed by atoms with Crippen molar-refractivity contribution in [3.63, 3.8) is 0 Å². The number of hydrogen-bond donors (Lipinski definition) is 3. The normalized spacial score (nSPS) is 23.1. The van der Waals surface area contributed by atoms with Gasteiger partial charge in [0.05, 0.1) is 11.9 Å². The average Bonchev–Trinajstić information content (AvgIpc) is 2.78. The van der Waals surface area contributed by atoms with Crippen molar-refractivity contribution >= 4 is 17.5 Å². The molecule has 1 aliphatic heterocycles. The zero-order chi connectivity index (χ0) is 18.4. The molecule has 1 aliphatic rings. The number of carbonyl (C=O) groups is 2. The second kappa shape index (κ2) is 5.82. The van der Waals surface area contributed by atoms with Crippen LogP contribution in [0.25, 0.3) is 11.4 Å². The average molecular weight is 341 g/mol. The van der Waals surface area contributed by atoms with E-state index in [0.29, 0.717) is 17.9 Å². The molecule has 2 heterocycles. The Morgan fingerprint density at radius 1 is 1.44 bits per heavy atom. The molecule has 0 bridgehead atoms. The first kappa shape index (κ1) is 16.8. The fourth-order valence-electron chi connectivity index (χ4n) is 3.12. The molecule has 5 N–H and O–H groups in total. The highest BCUT2D eigenvalue weighted by molar-refractivity contribution is 5.96. The molecule has 3 rings (SSSR count). The van der Waals surface area contributed by atoms with Gasteiger partial charge in [-0.1, -0.05) is 18.2 Å². The fourth-order valence-corrected chi connectivity index (χ4v) is 3.12. The van der Waals surface area contributed by atoms with Gasteiger partial charge < -0.3 is 21.5 Å². The minimum Gasteiger partial charge on any atom is -0.396 e. The third kappa shape index (κ3) is 2.80. The molecule has 2 aromatic rings. The Hall–Kier alpha value is -3.00. The topological polar surface area (TPSA) is 135 Å². The molecule has 0 aliphatic carbocycles. The minimum absolute atomic E-state index is 0.0434. The number of carbonyl (C=O) groups excluding carboxylic acids is 2. The van der Waals surface area contributed by atoms with Gasteiger partial charge in [0.1, 0.15) is 5.60 Å². The van der Waals surface area contributed by atoms with Crippen molar-refractivity contribution in [3.8, 4) is 11.4 Å². The Morgan fingerprint density at radius 3 is 2.76 bits per heavy atom. The number of aromatic nitrogens is 2. The summed E-state index contributed by atoms with van der Waals surface area (Å²) >= 11 is 0. The Labute approximate surface area is 144 Å². The molecular formula is C17H19N5O3. The molecule has 1 aromatic heterocycles. The van der Waals surface area contributed by atoms with E-state index in [9.17, 15) is 14.7 Å². The Balaban J connectivity index is 2.02. The second-order valence-electron chi connectivity index (χ2n) is 6.37. The first-order chi connectivity index (χ1) is 11.7. The van der Waals surface area contributed by atoms with E-state index in [4.69, 9.17) is 11.5 Å².